The number of carbonyl (C=O) groups is 2. The predicted molar refractivity (Wildman–Crippen MR) is 87.7 cm³/mol. The van der Waals surface area contributed by atoms with E-state index in [0.29, 0.717) is 30.9 Å². The molecular formula is C16H23N3O4. The van der Waals surface area contributed by atoms with E-state index in [0.717, 1.165) is 18.8 Å². The highest BCUT2D eigenvalue weighted by Crippen LogP contribution is 2.25. The summed E-state index contributed by atoms with van der Waals surface area (Å²) >= 11 is 0. The molecular weight excluding hydrogens is 298 g/mol. The number of hydrogen-bond donors (Lipinski definition) is 2. The molecule has 126 valence electrons. The van der Waals surface area contributed by atoms with E-state index < -0.39 is 12.0 Å². The zero-order chi connectivity index (χ0) is 16.8. The highest BCUT2D eigenvalue weighted by molar-refractivity contribution is 6.03. The number of rotatable bonds is 5. The number of nitrogens with one attached hydrogen (secondary N) is 1. The second-order valence-electron chi connectivity index (χ2n) is 5.32. The van der Waals surface area contributed by atoms with Crippen LogP contribution in [0.1, 0.15) is 23.7 Å². The van der Waals surface area contributed by atoms with Crippen LogP contribution in [0.3, 0.4) is 0 Å². The first kappa shape index (κ1) is 17.2. The Morgan fingerprint density at radius 3 is 2.70 bits per heavy atom. The summed E-state index contributed by atoms with van der Waals surface area (Å²) in [4.78, 5) is 26.1. The predicted octanol–water partition coefficient (Wildman–Crippen LogP) is 0.986. The number of anilines is 2. The Hall–Kier alpha value is -2.12. The Balaban J connectivity index is 2.27. The second-order valence-corrected chi connectivity index (χ2v) is 5.32. The van der Waals surface area contributed by atoms with E-state index in [1.165, 1.54) is 7.11 Å². The van der Waals surface area contributed by atoms with Crippen molar-refractivity contribution in [2.75, 3.05) is 43.6 Å². The molecule has 3 N–H and O–H groups in total. The van der Waals surface area contributed by atoms with Crippen molar-refractivity contribution in [3.8, 4) is 0 Å². The minimum Gasteiger partial charge on any atom is -0.465 e. The number of hydrogen-bond acceptors (Lipinski definition) is 6. The van der Waals surface area contributed by atoms with Crippen molar-refractivity contribution in [3.05, 3.63) is 23.8 Å². The van der Waals surface area contributed by atoms with E-state index in [4.69, 9.17) is 15.2 Å². The summed E-state index contributed by atoms with van der Waals surface area (Å²) in [5.74, 6) is -0.822. The molecule has 2 rings (SSSR count). The third kappa shape index (κ3) is 4.20. The molecule has 1 aliphatic rings. The number of methoxy groups -OCH3 is 1. The van der Waals surface area contributed by atoms with Crippen LogP contribution >= 0.6 is 0 Å². The first-order chi connectivity index (χ1) is 11.1. The van der Waals surface area contributed by atoms with Crippen LogP contribution in [0.4, 0.5) is 11.4 Å². The van der Waals surface area contributed by atoms with Crippen molar-refractivity contribution in [3.63, 3.8) is 0 Å². The van der Waals surface area contributed by atoms with Gasteiger partial charge >= 0.3 is 5.97 Å². The number of carbonyl (C=O) groups excluding carboxylic acids is 2. The van der Waals surface area contributed by atoms with Crippen molar-refractivity contribution < 1.29 is 19.1 Å². The minimum absolute atomic E-state index is 0.313. The zero-order valence-corrected chi connectivity index (χ0v) is 13.5. The van der Waals surface area contributed by atoms with Crippen molar-refractivity contribution in [1.82, 2.24) is 0 Å². The van der Waals surface area contributed by atoms with E-state index in [1.807, 2.05) is 13.0 Å². The molecule has 0 aliphatic carbocycles. The quantitative estimate of drug-likeness (QED) is 0.785. The fourth-order valence-corrected chi connectivity index (χ4v) is 2.35. The fraction of sp³-hybridized carbons (Fsp3) is 0.500. The first-order valence-electron chi connectivity index (χ1n) is 7.68. The molecule has 23 heavy (non-hydrogen) atoms. The molecule has 1 aromatic rings. The SMILES string of the molecule is CC[C@H](N)C(=O)Nc1ccc(N2CCOCC2)cc1C(=O)OC. The lowest BCUT2D eigenvalue weighted by Crippen LogP contribution is -2.36. The van der Waals surface area contributed by atoms with Gasteiger partial charge in [-0.15, -0.1) is 0 Å². The molecule has 1 amide bonds. The van der Waals surface area contributed by atoms with Crippen LogP contribution in [-0.2, 0) is 14.3 Å². The maximum atomic E-state index is 12.0. The maximum absolute atomic E-state index is 12.0. The second kappa shape index (κ2) is 7.94. The Morgan fingerprint density at radius 1 is 1.39 bits per heavy atom. The highest BCUT2D eigenvalue weighted by atomic mass is 16.5. The molecule has 0 bridgehead atoms. The van der Waals surface area contributed by atoms with E-state index in [2.05, 4.69) is 10.2 Å². The van der Waals surface area contributed by atoms with Gasteiger partial charge in [-0.25, -0.2) is 4.79 Å². The topological polar surface area (TPSA) is 93.9 Å². The molecule has 7 heteroatoms. The molecule has 0 radical (unpaired) electrons. The van der Waals surface area contributed by atoms with Crippen molar-refractivity contribution >= 4 is 23.3 Å². The Labute approximate surface area is 135 Å². The van der Waals surface area contributed by atoms with E-state index in [1.54, 1.807) is 12.1 Å². The third-order valence-electron chi connectivity index (χ3n) is 3.82. The molecule has 0 aromatic heterocycles. The summed E-state index contributed by atoms with van der Waals surface area (Å²) in [6.45, 7) is 4.64. The van der Waals surface area contributed by atoms with Crippen molar-refractivity contribution in [2.45, 2.75) is 19.4 Å². The zero-order valence-electron chi connectivity index (χ0n) is 13.5. The fourth-order valence-electron chi connectivity index (χ4n) is 2.35. The largest absolute Gasteiger partial charge is 0.465 e. The van der Waals surface area contributed by atoms with Gasteiger partial charge in [0.25, 0.3) is 0 Å². The lowest BCUT2D eigenvalue weighted by molar-refractivity contribution is -0.117. The van der Waals surface area contributed by atoms with Crippen LogP contribution in [0, 0.1) is 0 Å². The monoisotopic (exact) mass is 321 g/mol. The van der Waals surface area contributed by atoms with Crippen molar-refractivity contribution in [2.24, 2.45) is 5.73 Å². The molecule has 7 nitrogen and oxygen atoms in total. The van der Waals surface area contributed by atoms with Gasteiger partial charge in [-0.1, -0.05) is 6.92 Å². The average Bonchev–Trinajstić information content (AvgIpc) is 2.61. The average molecular weight is 321 g/mol. The van der Waals surface area contributed by atoms with Gasteiger partial charge in [-0.05, 0) is 24.6 Å². The molecule has 1 heterocycles. The van der Waals surface area contributed by atoms with Crippen LogP contribution in [0.25, 0.3) is 0 Å². The number of nitrogens with two attached hydrogens (primary N) is 1. The van der Waals surface area contributed by atoms with Crippen LogP contribution in [0.15, 0.2) is 18.2 Å². The van der Waals surface area contributed by atoms with Crippen LogP contribution < -0.4 is 16.0 Å². The first-order valence-corrected chi connectivity index (χ1v) is 7.68. The third-order valence-corrected chi connectivity index (χ3v) is 3.82. The van der Waals surface area contributed by atoms with Gasteiger partial charge in [0, 0.05) is 18.8 Å². The van der Waals surface area contributed by atoms with Crippen LogP contribution in [0.5, 0.6) is 0 Å². The van der Waals surface area contributed by atoms with Crippen molar-refractivity contribution in [1.29, 1.82) is 0 Å². The highest BCUT2D eigenvalue weighted by Gasteiger charge is 2.20. The number of benzene rings is 1. The molecule has 0 spiro atoms. The van der Waals surface area contributed by atoms with E-state index in [-0.39, 0.29) is 5.91 Å². The number of morpholine rings is 1. The smallest absolute Gasteiger partial charge is 0.340 e. The standard InChI is InChI=1S/C16H23N3O4/c1-3-13(17)15(20)18-14-5-4-11(10-12(14)16(21)22-2)19-6-8-23-9-7-19/h4-5,10,13H,3,6-9,17H2,1-2H3,(H,18,20)/t13-/m0/s1. The lowest BCUT2D eigenvalue weighted by atomic mass is 10.1. The summed E-state index contributed by atoms with van der Waals surface area (Å²) in [7, 11) is 1.31. The Kier molecular flexibility index (Phi) is 5.95. The van der Waals surface area contributed by atoms with Gasteiger partial charge in [-0.3, -0.25) is 4.79 Å². The van der Waals surface area contributed by atoms with Gasteiger partial charge in [0.15, 0.2) is 0 Å². The molecule has 0 unspecified atom stereocenters. The summed E-state index contributed by atoms with van der Waals surface area (Å²) in [6.07, 6.45) is 0.519. The molecule has 1 fully saturated rings. The molecule has 1 saturated heterocycles. The Bertz CT molecular complexity index is 570. The number of amides is 1. The number of esters is 1. The lowest BCUT2D eigenvalue weighted by Gasteiger charge is -2.29. The van der Waals surface area contributed by atoms with Gasteiger partial charge in [0.2, 0.25) is 5.91 Å². The minimum atomic E-state index is -0.612. The molecule has 1 aromatic carbocycles. The van der Waals surface area contributed by atoms with Crippen LogP contribution in [0.2, 0.25) is 0 Å². The summed E-state index contributed by atoms with van der Waals surface area (Å²) in [5.41, 5.74) is 7.33. The molecule has 0 saturated carbocycles. The van der Waals surface area contributed by atoms with Gasteiger partial charge in [-0.2, -0.15) is 0 Å². The molecule has 1 atom stereocenters. The maximum Gasteiger partial charge on any atom is 0.340 e. The number of nitrogens with zero attached hydrogens (tertiary/aromatic N) is 1. The Morgan fingerprint density at radius 2 is 2.09 bits per heavy atom. The summed E-state index contributed by atoms with van der Waals surface area (Å²) in [6, 6.07) is 4.69. The van der Waals surface area contributed by atoms with E-state index in [9.17, 15) is 9.59 Å². The van der Waals surface area contributed by atoms with Gasteiger partial charge < -0.3 is 25.4 Å². The van der Waals surface area contributed by atoms with Gasteiger partial charge in [0.05, 0.1) is 37.6 Å². The molecule has 1 aliphatic heterocycles. The van der Waals surface area contributed by atoms with E-state index >= 15 is 0 Å². The summed E-state index contributed by atoms with van der Waals surface area (Å²) < 4.78 is 10.2. The van der Waals surface area contributed by atoms with Crippen LogP contribution in [-0.4, -0.2) is 51.3 Å². The van der Waals surface area contributed by atoms with Gasteiger partial charge in [0.1, 0.15) is 0 Å². The normalized spacial score (nSPS) is 15.9. The summed E-state index contributed by atoms with van der Waals surface area (Å²) in [5, 5.41) is 2.70. The number of ether oxygens (including phenoxy) is 2.